The van der Waals surface area contributed by atoms with Gasteiger partial charge in [-0.1, -0.05) is 0 Å². The Kier molecular flexibility index (Phi) is 12.1. The first kappa shape index (κ1) is 28.3. The van der Waals surface area contributed by atoms with Crippen molar-refractivity contribution < 1.29 is 14.3 Å². The fourth-order valence-electron chi connectivity index (χ4n) is 3.53. The number of hydrogen-bond donors (Lipinski definition) is 2. The van der Waals surface area contributed by atoms with Crippen LogP contribution >= 0.6 is 24.0 Å². The van der Waals surface area contributed by atoms with Gasteiger partial charge in [0.25, 0.3) is 0 Å². The van der Waals surface area contributed by atoms with Gasteiger partial charge < -0.3 is 25.0 Å². The second-order valence-corrected chi connectivity index (χ2v) is 8.35. The lowest BCUT2D eigenvalue weighted by Crippen LogP contribution is -2.52. The van der Waals surface area contributed by atoms with Crippen LogP contribution in [0.3, 0.4) is 0 Å². The third-order valence-corrected chi connectivity index (χ3v) is 5.46. The fraction of sp³-hybridized carbons (Fsp3) is 0.652. The molecule has 1 heterocycles. The minimum absolute atomic E-state index is 0. The summed E-state index contributed by atoms with van der Waals surface area (Å²) in [6.07, 6.45) is 0. The van der Waals surface area contributed by atoms with Gasteiger partial charge in [-0.2, -0.15) is 0 Å². The van der Waals surface area contributed by atoms with Crippen molar-refractivity contribution in [1.82, 2.24) is 20.4 Å². The molecule has 1 aromatic carbocycles. The Morgan fingerprint density at radius 3 is 2.28 bits per heavy atom. The van der Waals surface area contributed by atoms with Crippen molar-refractivity contribution in [3.63, 3.8) is 0 Å². The number of aliphatic imine (C=N–C) groups is 1. The summed E-state index contributed by atoms with van der Waals surface area (Å²) >= 11 is 0. The topological polar surface area (TPSA) is 78.4 Å². The van der Waals surface area contributed by atoms with Gasteiger partial charge in [0.15, 0.2) is 5.96 Å². The lowest BCUT2D eigenvalue weighted by Gasteiger charge is -2.37. The van der Waals surface area contributed by atoms with Crippen LogP contribution in [-0.2, 0) is 11.3 Å². The van der Waals surface area contributed by atoms with E-state index in [-0.39, 0.29) is 29.9 Å². The van der Waals surface area contributed by atoms with Crippen molar-refractivity contribution in [1.29, 1.82) is 0 Å². The highest BCUT2D eigenvalue weighted by atomic mass is 127. The predicted octanol–water partition coefficient (Wildman–Crippen LogP) is 2.57. The summed E-state index contributed by atoms with van der Waals surface area (Å²) in [6, 6.07) is 5.92. The van der Waals surface area contributed by atoms with Crippen molar-refractivity contribution >= 4 is 35.8 Å². The number of carbonyl (C=O) groups is 1. The summed E-state index contributed by atoms with van der Waals surface area (Å²) in [6.45, 7) is 14.1. The summed E-state index contributed by atoms with van der Waals surface area (Å²) in [7, 11) is 3.38. The van der Waals surface area contributed by atoms with Crippen LogP contribution in [0.1, 0.15) is 33.3 Å². The second kappa shape index (κ2) is 13.7. The lowest BCUT2D eigenvalue weighted by molar-refractivity contribution is -0.128. The molecule has 0 saturated carbocycles. The normalized spacial score (nSPS) is 15.1. The van der Waals surface area contributed by atoms with Crippen LogP contribution in [0.2, 0.25) is 0 Å². The lowest BCUT2D eigenvalue weighted by atomic mass is 9.92. The number of hydrogen-bond acceptors (Lipinski definition) is 5. The van der Waals surface area contributed by atoms with Crippen molar-refractivity contribution in [2.24, 2.45) is 10.4 Å². The van der Waals surface area contributed by atoms with Crippen LogP contribution in [0.25, 0.3) is 0 Å². The van der Waals surface area contributed by atoms with Gasteiger partial charge in [-0.3, -0.25) is 14.7 Å². The van der Waals surface area contributed by atoms with E-state index in [1.54, 1.807) is 14.2 Å². The van der Waals surface area contributed by atoms with Crippen LogP contribution in [0.4, 0.5) is 0 Å². The number of nitrogens with zero attached hydrogens (tertiary/aromatic N) is 3. The summed E-state index contributed by atoms with van der Waals surface area (Å²) < 4.78 is 10.9. The molecule has 32 heavy (non-hydrogen) atoms. The van der Waals surface area contributed by atoms with E-state index in [1.165, 1.54) is 0 Å². The van der Waals surface area contributed by atoms with Crippen molar-refractivity contribution in [2.75, 3.05) is 60.0 Å². The number of piperazine rings is 1. The van der Waals surface area contributed by atoms with E-state index in [2.05, 4.69) is 27.4 Å². The molecule has 8 nitrogen and oxygen atoms in total. The van der Waals surface area contributed by atoms with Crippen molar-refractivity contribution in [2.45, 2.75) is 34.2 Å². The Morgan fingerprint density at radius 1 is 1.06 bits per heavy atom. The van der Waals surface area contributed by atoms with Crippen molar-refractivity contribution in [3.05, 3.63) is 23.8 Å². The molecule has 182 valence electrons. The van der Waals surface area contributed by atoms with E-state index in [4.69, 9.17) is 14.5 Å². The summed E-state index contributed by atoms with van der Waals surface area (Å²) in [5.74, 6) is 2.63. The number of rotatable bonds is 9. The molecule has 0 bridgehead atoms. The molecule has 0 aromatic heterocycles. The summed E-state index contributed by atoms with van der Waals surface area (Å²) in [5, 5.41) is 6.28. The van der Waals surface area contributed by atoms with Crippen LogP contribution < -0.4 is 20.1 Å². The molecular formula is C23H40IN5O3. The summed E-state index contributed by atoms with van der Waals surface area (Å²) in [4.78, 5) is 21.8. The highest BCUT2D eigenvalue weighted by Gasteiger charge is 2.28. The molecule has 0 atom stereocenters. The number of amides is 1. The maximum absolute atomic E-state index is 12.3. The van der Waals surface area contributed by atoms with E-state index < -0.39 is 5.41 Å². The Bertz CT molecular complexity index is 749. The zero-order valence-corrected chi connectivity index (χ0v) is 22.7. The van der Waals surface area contributed by atoms with Gasteiger partial charge in [0.2, 0.25) is 5.91 Å². The maximum atomic E-state index is 12.3. The average molecular weight is 562 g/mol. The highest BCUT2D eigenvalue weighted by Crippen LogP contribution is 2.25. The standard InChI is InChI=1S/C23H39N5O3.HI/c1-7-24-21(29)23(3,4)17-26-22(25-8-2)28-13-11-27(12-14-28)16-18-15-19(30-5)9-10-20(18)31-6;/h9-10,15H,7-8,11-14,16-17H2,1-6H3,(H,24,29)(H,25,26);1H. The smallest absolute Gasteiger partial charge is 0.227 e. The number of benzene rings is 1. The molecule has 1 aliphatic rings. The third-order valence-electron chi connectivity index (χ3n) is 5.46. The molecule has 1 fully saturated rings. The molecule has 2 rings (SSSR count). The monoisotopic (exact) mass is 561 g/mol. The molecule has 0 spiro atoms. The number of guanidine groups is 1. The molecule has 0 radical (unpaired) electrons. The second-order valence-electron chi connectivity index (χ2n) is 8.35. The third kappa shape index (κ3) is 7.99. The van der Waals surface area contributed by atoms with Gasteiger partial charge >= 0.3 is 0 Å². The molecular weight excluding hydrogens is 521 g/mol. The molecule has 0 aliphatic carbocycles. The molecule has 2 N–H and O–H groups in total. The van der Waals surface area contributed by atoms with E-state index in [0.717, 1.165) is 62.3 Å². The van der Waals surface area contributed by atoms with Crippen LogP contribution in [-0.4, -0.2) is 81.7 Å². The molecule has 1 saturated heterocycles. The molecule has 1 aromatic rings. The van der Waals surface area contributed by atoms with Gasteiger partial charge in [0.1, 0.15) is 11.5 Å². The van der Waals surface area contributed by atoms with Crippen LogP contribution in [0.5, 0.6) is 11.5 Å². The van der Waals surface area contributed by atoms with E-state index in [1.807, 2.05) is 39.0 Å². The largest absolute Gasteiger partial charge is 0.497 e. The minimum atomic E-state index is -0.540. The Labute approximate surface area is 210 Å². The number of carbonyl (C=O) groups excluding carboxylic acids is 1. The van der Waals surface area contributed by atoms with E-state index >= 15 is 0 Å². The van der Waals surface area contributed by atoms with Crippen LogP contribution in [0, 0.1) is 5.41 Å². The first-order chi connectivity index (χ1) is 14.8. The Hall–Kier alpha value is -1.75. The zero-order chi connectivity index (χ0) is 22.9. The number of ether oxygens (including phenoxy) is 2. The van der Waals surface area contributed by atoms with Gasteiger partial charge in [-0.25, -0.2) is 0 Å². The Balaban J connectivity index is 0.00000512. The number of nitrogens with one attached hydrogen (secondary N) is 2. The molecule has 1 aliphatic heterocycles. The average Bonchev–Trinajstić information content (AvgIpc) is 2.77. The number of methoxy groups -OCH3 is 2. The van der Waals surface area contributed by atoms with Gasteiger partial charge in [-0.15, -0.1) is 24.0 Å². The first-order valence-electron chi connectivity index (χ1n) is 11.1. The number of halogens is 1. The zero-order valence-electron chi connectivity index (χ0n) is 20.4. The van der Waals surface area contributed by atoms with Gasteiger partial charge in [0.05, 0.1) is 26.2 Å². The van der Waals surface area contributed by atoms with E-state index in [0.29, 0.717) is 13.1 Å². The minimum Gasteiger partial charge on any atom is -0.497 e. The van der Waals surface area contributed by atoms with Crippen LogP contribution in [0.15, 0.2) is 23.2 Å². The molecule has 1 amide bonds. The maximum Gasteiger partial charge on any atom is 0.227 e. The van der Waals surface area contributed by atoms with Crippen molar-refractivity contribution in [3.8, 4) is 11.5 Å². The summed E-state index contributed by atoms with van der Waals surface area (Å²) in [5.41, 5.74) is 0.584. The van der Waals surface area contributed by atoms with E-state index in [9.17, 15) is 4.79 Å². The Morgan fingerprint density at radius 2 is 1.72 bits per heavy atom. The molecule has 9 heteroatoms. The predicted molar refractivity (Wildman–Crippen MR) is 140 cm³/mol. The highest BCUT2D eigenvalue weighted by molar-refractivity contribution is 14.0. The fourth-order valence-corrected chi connectivity index (χ4v) is 3.53. The quantitative estimate of drug-likeness (QED) is 0.274. The van der Waals surface area contributed by atoms with Gasteiger partial charge in [-0.05, 0) is 45.9 Å². The first-order valence-corrected chi connectivity index (χ1v) is 11.1. The van der Waals surface area contributed by atoms with Gasteiger partial charge in [0, 0.05) is 51.4 Å². The molecule has 0 unspecified atom stereocenters. The SMILES string of the molecule is CCNC(=O)C(C)(C)CN=C(NCC)N1CCN(Cc2cc(OC)ccc2OC)CC1.I.